The molecular formula is C20H29N3O2. The molecule has 1 fully saturated rings. The maximum Gasteiger partial charge on any atom is 0.241 e. The Morgan fingerprint density at radius 1 is 0.960 bits per heavy atom. The van der Waals surface area contributed by atoms with Crippen molar-refractivity contribution in [3.8, 4) is 0 Å². The summed E-state index contributed by atoms with van der Waals surface area (Å²) in [7, 11) is 0. The molecule has 0 radical (unpaired) electrons. The van der Waals surface area contributed by atoms with Gasteiger partial charge in [0.1, 0.15) is 0 Å². The van der Waals surface area contributed by atoms with E-state index in [1.165, 1.54) is 5.56 Å². The van der Waals surface area contributed by atoms with Crippen molar-refractivity contribution < 1.29 is 9.59 Å². The molecule has 2 aliphatic heterocycles. The summed E-state index contributed by atoms with van der Waals surface area (Å²) in [6.07, 6.45) is 1.52. The second kappa shape index (κ2) is 7.16. The van der Waals surface area contributed by atoms with Crippen LogP contribution in [0.2, 0.25) is 0 Å². The van der Waals surface area contributed by atoms with Crippen LogP contribution in [0.5, 0.6) is 0 Å². The van der Waals surface area contributed by atoms with Crippen molar-refractivity contribution in [2.45, 2.75) is 33.6 Å². The van der Waals surface area contributed by atoms with Gasteiger partial charge in [-0.25, -0.2) is 0 Å². The summed E-state index contributed by atoms with van der Waals surface area (Å²) in [5.41, 5.74) is 2.34. The summed E-state index contributed by atoms with van der Waals surface area (Å²) in [5.74, 6) is 0.395. The van der Waals surface area contributed by atoms with Gasteiger partial charge in [-0.2, -0.15) is 0 Å². The van der Waals surface area contributed by atoms with Crippen molar-refractivity contribution in [2.24, 2.45) is 5.41 Å². The van der Waals surface area contributed by atoms with Gasteiger partial charge in [-0.15, -0.1) is 0 Å². The average Bonchev–Trinajstić information content (AvgIpc) is 2.98. The van der Waals surface area contributed by atoms with E-state index < -0.39 is 0 Å². The first-order chi connectivity index (χ1) is 11.8. The summed E-state index contributed by atoms with van der Waals surface area (Å²) in [6, 6.07) is 8.15. The first-order valence-corrected chi connectivity index (χ1v) is 9.22. The Labute approximate surface area is 150 Å². The number of anilines is 1. The summed E-state index contributed by atoms with van der Waals surface area (Å²) in [4.78, 5) is 31.0. The molecule has 3 rings (SSSR count). The molecule has 2 heterocycles. The predicted octanol–water partition coefficient (Wildman–Crippen LogP) is 2.16. The van der Waals surface area contributed by atoms with Crippen LogP contribution >= 0.6 is 0 Å². The van der Waals surface area contributed by atoms with Gasteiger partial charge in [-0.3, -0.25) is 14.5 Å². The molecule has 2 amide bonds. The topological polar surface area (TPSA) is 43.9 Å². The van der Waals surface area contributed by atoms with E-state index in [1.807, 2.05) is 28.0 Å². The number of nitrogens with zero attached hydrogens (tertiary/aromatic N) is 3. The third kappa shape index (κ3) is 4.40. The van der Waals surface area contributed by atoms with Crippen LogP contribution in [0, 0.1) is 5.41 Å². The molecule has 136 valence electrons. The van der Waals surface area contributed by atoms with Crippen molar-refractivity contribution in [3.05, 3.63) is 29.8 Å². The normalized spacial score (nSPS) is 18.4. The maximum atomic E-state index is 12.7. The Morgan fingerprint density at radius 2 is 1.64 bits per heavy atom. The lowest BCUT2D eigenvalue weighted by molar-refractivity contribution is -0.135. The number of rotatable bonds is 3. The molecule has 0 bridgehead atoms. The first-order valence-electron chi connectivity index (χ1n) is 9.22. The lowest BCUT2D eigenvalue weighted by atomic mass is 9.91. The fourth-order valence-electron chi connectivity index (χ4n) is 3.59. The van der Waals surface area contributed by atoms with Gasteiger partial charge in [0.15, 0.2) is 0 Å². The van der Waals surface area contributed by atoms with Gasteiger partial charge in [0.2, 0.25) is 11.8 Å². The highest BCUT2D eigenvalue weighted by atomic mass is 16.2. The van der Waals surface area contributed by atoms with Crippen molar-refractivity contribution in [2.75, 3.05) is 44.2 Å². The monoisotopic (exact) mass is 343 g/mol. The van der Waals surface area contributed by atoms with Gasteiger partial charge in [0.05, 0.1) is 6.54 Å². The lowest BCUT2D eigenvalue weighted by Gasteiger charge is -2.36. The number of hydrogen-bond acceptors (Lipinski definition) is 3. The van der Waals surface area contributed by atoms with Gasteiger partial charge in [-0.05, 0) is 23.5 Å². The second-order valence-corrected chi connectivity index (χ2v) is 8.32. The molecule has 0 atom stereocenters. The van der Waals surface area contributed by atoms with Gasteiger partial charge >= 0.3 is 0 Å². The quantitative estimate of drug-likeness (QED) is 0.845. The molecule has 0 N–H and O–H groups in total. The minimum atomic E-state index is 0.0212. The SMILES string of the molecule is CC(C)(C)CC(=O)N1CCN(CC(=O)N2CCc3ccccc32)CC1. The van der Waals surface area contributed by atoms with Gasteiger partial charge in [-0.1, -0.05) is 39.0 Å². The van der Waals surface area contributed by atoms with Gasteiger partial charge < -0.3 is 9.80 Å². The second-order valence-electron chi connectivity index (χ2n) is 8.32. The van der Waals surface area contributed by atoms with Crippen LogP contribution < -0.4 is 4.90 Å². The van der Waals surface area contributed by atoms with Crippen LogP contribution in [0.25, 0.3) is 0 Å². The molecule has 2 aliphatic rings. The third-order valence-electron chi connectivity index (χ3n) is 4.95. The third-order valence-corrected chi connectivity index (χ3v) is 4.95. The molecular weight excluding hydrogens is 314 g/mol. The zero-order valence-electron chi connectivity index (χ0n) is 15.6. The molecule has 1 aromatic carbocycles. The van der Waals surface area contributed by atoms with Crippen LogP contribution in [0.4, 0.5) is 5.69 Å². The van der Waals surface area contributed by atoms with Crippen molar-refractivity contribution in [1.29, 1.82) is 0 Å². The Balaban J connectivity index is 1.50. The van der Waals surface area contributed by atoms with Crippen molar-refractivity contribution in [1.82, 2.24) is 9.80 Å². The number of piperazine rings is 1. The smallest absolute Gasteiger partial charge is 0.241 e. The number of fused-ring (bicyclic) bond motifs is 1. The maximum absolute atomic E-state index is 12.7. The van der Waals surface area contributed by atoms with Gasteiger partial charge in [0.25, 0.3) is 0 Å². The van der Waals surface area contributed by atoms with E-state index in [2.05, 4.69) is 31.7 Å². The Hall–Kier alpha value is -1.88. The number of benzene rings is 1. The van der Waals surface area contributed by atoms with Crippen LogP contribution in [-0.4, -0.2) is 60.9 Å². The van der Waals surface area contributed by atoms with Gasteiger partial charge in [0, 0.05) is 44.8 Å². The highest BCUT2D eigenvalue weighted by molar-refractivity contribution is 5.96. The zero-order chi connectivity index (χ0) is 18.0. The minimum absolute atomic E-state index is 0.0212. The predicted molar refractivity (Wildman–Crippen MR) is 99.6 cm³/mol. The fourth-order valence-corrected chi connectivity index (χ4v) is 3.59. The number of amides is 2. The first kappa shape index (κ1) is 17.9. The van der Waals surface area contributed by atoms with Crippen LogP contribution in [0.3, 0.4) is 0 Å². The highest BCUT2D eigenvalue weighted by Gasteiger charge is 2.28. The molecule has 0 aromatic heterocycles. The van der Waals surface area contributed by atoms with E-state index in [4.69, 9.17) is 0 Å². The minimum Gasteiger partial charge on any atom is -0.340 e. The largest absolute Gasteiger partial charge is 0.340 e. The summed E-state index contributed by atoms with van der Waals surface area (Å²) in [5, 5.41) is 0. The molecule has 25 heavy (non-hydrogen) atoms. The molecule has 0 saturated carbocycles. The van der Waals surface area contributed by atoms with E-state index in [1.54, 1.807) is 0 Å². The average molecular weight is 343 g/mol. The van der Waals surface area contributed by atoms with E-state index in [0.29, 0.717) is 13.0 Å². The number of para-hydroxylation sites is 1. The summed E-state index contributed by atoms with van der Waals surface area (Å²) in [6.45, 7) is 10.5. The Bertz CT molecular complexity index is 643. The molecule has 5 nitrogen and oxygen atoms in total. The summed E-state index contributed by atoms with van der Waals surface area (Å²) >= 11 is 0. The van der Waals surface area contributed by atoms with E-state index in [-0.39, 0.29) is 17.2 Å². The molecule has 0 aliphatic carbocycles. The lowest BCUT2D eigenvalue weighted by Crippen LogP contribution is -2.51. The highest BCUT2D eigenvalue weighted by Crippen LogP contribution is 2.27. The van der Waals surface area contributed by atoms with Crippen LogP contribution in [0.1, 0.15) is 32.8 Å². The zero-order valence-corrected chi connectivity index (χ0v) is 15.6. The number of hydrogen-bond donors (Lipinski definition) is 0. The standard InChI is InChI=1S/C20H29N3O2/c1-20(2,3)14-18(24)22-12-10-21(11-13-22)15-19(25)23-9-8-16-6-4-5-7-17(16)23/h4-7H,8-15H2,1-3H3. The van der Waals surface area contributed by atoms with Crippen LogP contribution in [-0.2, 0) is 16.0 Å². The van der Waals surface area contributed by atoms with E-state index in [0.717, 1.165) is 44.8 Å². The van der Waals surface area contributed by atoms with E-state index in [9.17, 15) is 9.59 Å². The van der Waals surface area contributed by atoms with Crippen LogP contribution in [0.15, 0.2) is 24.3 Å². The molecule has 5 heteroatoms. The van der Waals surface area contributed by atoms with Crippen molar-refractivity contribution >= 4 is 17.5 Å². The van der Waals surface area contributed by atoms with E-state index >= 15 is 0 Å². The Morgan fingerprint density at radius 3 is 2.32 bits per heavy atom. The molecule has 1 saturated heterocycles. The number of carbonyl (C=O) groups excluding carboxylic acids is 2. The molecule has 0 unspecified atom stereocenters. The summed E-state index contributed by atoms with van der Waals surface area (Å²) < 4.78 is 0. The fraction of sp³-hybridized carbons (Fsp3) is 0.600. The molecule has 0 spiro atoms. The Kier molecular flexibility index (Phi) is 5.13. The number of carbonyl (C=O) groups is 2. The molecule has 1 aromatic rings. The van der Waals surface area contributed by atoms with Crippen molar-refractivity contribution in [3.63, 3.8) is 0 Å².